The maximum atomic E-state index is 10.9. The molecule has 0 aliphatic carbocycles. The lowest BCUT2D eigenvalue weighted by atomic mass is 10.1. The molecule has 1 aromatic heterocycles. The van der Waals surface area contributed by atoms with Gasteiger partial charge in [0.1, 0.15) is 5.82 Å². The Morgan fingerprint density at radius 2 is 1.74 bits per heavy atom. The van der Waals surface area contributed by atoms with Crippen LogP contribution in [0.3, 0.4) is 0 Å². The number of nitrogens with zero attached hydrogens (tertiary/aromatic N) is 4. The molecule has 0 aliphatic rings. The lowest BCUT2D eigenvalue weighted by molar-refractivity contribution is -0.384. The molecule has 0 amide bonds. The molecule has 2 aromatic carbocycles. The minimum Gasteiger partial charge on any atom is -1.00 e. The Morgan fingerprint density at radius 1 is 1.04 bits per heavy atom. The number of fused-ring (bicyclic) bond motifs is 1. The van der Waals surface area contributed by atoms with Crippen LogP contribution in [0.2, 0.25) is 0 Å². The normalized spacial score (nSPS) is 10.4. The second-order valence-corrected chi connectivity index (χ2v) is 6.13. The van der Waals surface area contributed by atoms with Crippen molar-refractivity contribution in [2.45, 2.75) is 26.7 Å². The van der Waals surface area contributed by atoms with E-state index in [-0.39, 0.29) is 18.1 Å². The van der Waals surface area contributed by atoms with Crippen LogP contribution in [0.1, 0.15) is 26.7 Å². The van der Waals surface area contributed by atoms with Crippen molar-refractivity contribution in [2.24, 2.45) is 0 Å². The second-order valence-electron chi connectivity index (χ2n) is 6.13. The van der Waals surface area contributed by atoms with Crippen molar-refractivity contribution < 1.29 is 17.3 Å². The van der Waals surface area contributed by atoms with Crippen LogP contribution in [0.15, 0.2) is 48.5 Å². The molecule has 0 aliphatic heterocycles. The van der Waals surface area contributed by atoms with Crippen molar-refractivity contribution in [1.82, 2.24) is 9.97 Å². The van der Waals surface area contributed by atoms with Crippen LogP contribution in [0.5, 0.6) is 0 Å². The first kappa shape index (κ1) is 20.6. The first-order valence-corrected chi connectivity index (χ1v) is 8.90. The number of unbranched alkanes of at least 4 members (excludes halogenated alkanes) is 1. The van der Waals surface area contributed by atoms with Gasteiger partial charge in [-0.25, -0.2) is 9.97 Å². The largest absolute Gasteiger partial charge is 1.00 e. The van der Waals surface area contributed by atoms with Crippen LogP contribution in [0.25, 0.3) is 22.3 Å². The number of hydrogen-bond acceptors (Lipinski definition) is 5. The molecule has 0 radical (unpaired) electrons. The zero-order valence-corrected chi connectivity index (χ0v) is 16.2. The van der Waals surface area contributed by atoms with E-state index in [1.807, 2.05) is 24.3 Å². The molecule has 142 valence electrons. The monoisotopic (exact) mass is 385 g/mol. The molecule has 0 bridgehead atoms. The molecule has 3 aromatic rings. The number of benzene rings is 2. The van der Waals surface area contributed by atoms with Crippen molar-refractivity contribution in [3.8, 4) is 11.4 Å². The maximum Gasteiger partial charge on any atom is 0.269 e. The summed E-state index contributed by atoms with van der Waals surface area (Å²) in [5.41, 5.74) is 1.71. The van der Waals surface area contributed by atoms with Gasteiger partial charge in [0.05, 0.1) is 10.4 Å². The number of rotatable bonds is 7. The van der Waals surface area contributed by atoms with E-state index in [4.69, 9.17) is 4.98 Å². The van der Waals surface area contributed by atoms with Gasteiger partial charge < -0.3 is 17.3 Å². The van der Waals surface area contributed by atoms with Gasteiger partial charge in [-0.05, 0) is 37.6 Å². The molecule has 1 heterocycles. The van der Waals surface area contributed by atoms with Gasteiger partial charge in [0.25, 0.3) is 5.69 Å². The third-order valence-corrected chi connectivity index (χ3v) is 4.38. The molecule has 0 N–H and O–H groups in total. The maximum absolute atomic E-state index is 10.9. The van der Waals surface area contributed by atoms with Gasteiger partial charge in [-0.3, -0.25) is 10.1 Å². The Balaban J connectivity index is 0.00000261. The summed E-state index contributed by atoms with van der Waals surface area (Å²) in [5.74, 6) is 1.50. The second kappa shape index (κ2) is 9.28. The van der Waals surface area contributed by atoms with Crippen LogP contribution in [0.4, 0.5) is 11.5 Å². The van der Waals surface area contributed by atoms with Crippen molar-refractivity contribution in [3.05, 3.63) is 58.6 Å². The molecule has 27 heavy (non-hydrogen) atoms. The number of hydrogen-bond donors (Lipinski definition) is 0. The van der Waals surface area contributed by atoms with Gasteiger partial charge in [0, 0.05) is 36.2 Å². The van der Waals surface area contributed by atoms with E-state index < -0.39 is 4.92 Å². The summed E-state index contributed by atoms with van der Waals surface area (Å²) in [7, 11) is 0. The van der Waals surface area contributed by atoms with Gasteiger partial charge in [0.15, 0.2) is 5.82 Å². The summed E-state index contributed by atoms with van der Waals surface area (Å²) in [4.78, 5) is 22.2. The molecule has 3 rings (SSSR count). The Bertz CT molecular complexity index is 916. The predicted octanol–water partition coefficient (Wildman–Crippen LogP) is 1.84. The van der Waals surface area contributed by atoms with E-state index in [2.05, 4.69) is 23.7 Å². The first-order valence-electron chi connectivity index (χ1n) is 8.90. The fraction of sp³-hybridized carbons (Fsp3) is 0.300. The zero-order valence-electron chi connectivity index (χ0n) is 15.4. The average Bonchev–Trinajstić information content (AvgIpc) is 2.68. The van der Waals surface area contributed by atoms with Crippen LogP contribution in [0, 0.1) is 10.1 Å². The summed E-state index contributed by atoms with van der Waals surface area (Å²) in [6, 6.07) is 14.4. The number of anilines is 1. The first-order chi connectivity index (χ1) is 12.6. The fourth-order valence-electron chi connectivity index (χ4n) is 2.92. The van der Waals surface area contributed by atoms with Gasteiger partial charge >= 0.3 is 0 Å². The van der Waals surface area contributed by atoms with E-state index >= 15 is 0 Å². The van der Waals surface area contributed by atoms with Crippen LogP contribution in [-0.4, -0.2) is 28.0 Å². The van der Waals surface area contributed by atoms with Gasteiger partial charge in [-0.1, -0.05) is 25.5 Å². The van der Waals surface area contributed by atoms with Crippen LogP contribution < -0.4 is 17.3 Å². The summed E-state index contributed by atoms with van der Waals surface area (Å²) in [6.45, 7) is 6.10. The Kier molecular flexibility index (Phi) is 7.07. The predicted molar refractivity (Wildman–Crippen MR) is 104 cm³/mol. The van der Waals surface area contributed by atoms with Gasteiger partial charge in [0.2, 0.25) is 0 Å². The highest BCUT2D eigenvalue weighted by molar-refractivity contribution is 5.91. The van der Waals surface area contributed by atoms with Gasteiger partial charge in [-0.15, -0.1) is 0 Å². The molecule has 0 saturated heterocycles. The number of non-ortho nitro benzene ring substituents is 1. The molecule has 0 unspecified atom stereocenters. The molecular formula is C20H22ClN4O2-. The van der Waals surface area contributed by atoms with Crippen LogP contribution in [-0.2, 0) is 0 Å². The van der Waals surface area contributed by atoms with Crippen molar-refractivity contribution in [2.75, 3.05) is 18.0 Å². The third kappa shape index (κ3) is 4.52. The Labute approximate surface area is 164 Å². The van der Waals surface area contributed by atoms with Gasteiger partial charge in [-0.2, -0.15) is 0 Å². The molecular weight excluding hydrogens is 364 g/mol. The topological polar surface area (TPSA) is 72.2 Å². The highest BCUT2D eigenvalue weighted by atomic mass is 35.5. The highest BCUT2D eigenvalue weighted by Gasteiger charge is 2.15. The zero-order chi connectivity index (χ0) is 18.5. The Morgan fingerprint density at radius 3 is 2.37 bits per heavy atom. The fourth-order valence-corrected chi connectivity index (χ4v) is 2.92. The number of nitro groups is 1. The van der Waals surface area contributed by atoms with E-state index in [1.165, 1.54) is 12.1 Å². The molecule has 6 nitrogen and oxygen atoms in total. The molecule has 7 heteroatoms. The summed E-state index contributed by atoms with van der Waals surface area (Å²) in [6.07, 6.45) is 2.22. The number of nitro benzene ring substituents is 1. The lowest BCUT2D eigenvalue weighted by Crippen LogP contribution is -3.00. The van der Waals surface area contributed by atoms with Crippen LogP contribution >= 0.6 is 0 Å². The highest BCUT2D eigenvalue weighted by Crippen LogP contribution is 2.28. The Hall–Kier alpha value is -2.73. The molecule has 0 atom stereocenters. The smallest absolute Gasteiger partial charge is 0.269 e. The summed E-state index contributed by atoms with van der Waals surface area (Å²) >= 11 is 0. The van der Waals surface area contributed by atoms with E-state index in [0.717, 1.165) is 48.2 Å². The van der Waals surface area contributed by atoms with E-state index in [0.29, 0.717) is 5.82 Å². The molecule has 0 fully saturated rings. The quantitative estimate of drug-likeness (QED) is 0.458. The summed E-state index contributed by atoms with van der Waals surface area (Å²) in [5, 5.41) is 11.9. The van der Waals surface area contributed by atoms with E-state index in [1.54, 1.807) is 12.1 Å². The summed E-state index contributed by atoms with van der Waals surface area (Å²) < 4.78 is 0. The number of aromatic nitrogens is 2. The average molecular weight is 386 g/mol. The minimum atomic E-state index is -0.403. The number of halogens is 1. The van der Waals surface area contributed by atoms with Crippen molar-refractivity contribution in [3.63, 3.8) is 0 Å². The lowest BCUT2D eigenvalue weighted by Gasteiger charge is -2.23. The minimum absolute atomic E-state index is 0. The SMILES string of the molecule is CCCCN(CC)c1nc(-c2ccc([N+](=O)[O-])cc2)nc2ccccc12.[Cl-]. The van der Waals surface area contributed by atoms with E-state index in [9.17, 15) is 10.1 Å². The molecule has 0 spiro atoms. The third-order valence-electron chi connectivity index (χ3n) is 4.38. The van der Waals surface area contributed by atoms with Crippen molar-refractivity contribution >= 4 is 22.4 Å². The standard InChI is InChI=1S/C20H22N4O2.ClH/c1-3-5-14-23(4-2)20-17-8-6-7-9-18(17)21-19(22-20)15-10-12-16(13-11-15)24(25)26;/h6-13H,3-5,14H2,1-2H3;1H/p-1. The van der Waals surface area contributed by atoms with Crippen molar-refractivity contribution in [1.29, 1.82) is 0 Å². The number of para-hydroxylation sites is 1. The molecule has 0 saturated carbocycles.